The van der Waals surface area contributed by atoms with E-state index in [1.54, 1.807) is 0 Å². The smallest absolute Gasteiger partial charge is 0.243 e. The molecule has 94 valence electrons. The number of nitriles is 1. The van der Waals surface area contributed by atoms with Gasteiger partial charge in [0, 0.05) is 19.4 Å². The highest BCUT2D eigenvalue weighted by molar-refractivity contribution is 4.70. The van der Waals surface area contributed by atoms with Gasteiger partial charge >= 0.3 is 0 Å². The second-order valence-electron chi connectivity index (χ2n) is 4.05. The fourth-order valence-electron chi connectivity index (χ4n) is 1.70. The van der Waals surface area contributed by atoms with Crippen molar-refractivity contribution >= 4 is 0 Å². The number of rotatable bonds is 9. The van der Waals surface area contributed by atoms with Gasteiger partial charge in [0.05, 0.1) is 25.8 Å². The van der Waals surface area contributed by atoms with Crippen molar-refractivity contribution in [2.24, 2.45) is 0 Å². The Morgan fingerprint density at radius 3 is 3.00 bits per heavy atom. The predicted octanol–water partition coefficient (Wildman–Crippen LogP) is 1.90. The van der Waals surface area contributed by atoms with Crippen molar-refractivity contribution in [3.05, 3.63) is 18.7 Å². The third-order valence-corrected chi connectivity index (χ3v) is 2.61. The van der Waals surface area contributed by atoms with Gasteiger partial charge in [-0.2, -0.15) is 5.26 Å². The summed E-state index contributed by atoms with van der Waals surface area (Å²) in [7, 11) is 0. The molecule has 0 atom stereocenters. The fourth-order valence-corrected chi connectivity index (χ4v) is 1.70. The van der Waals surface area contributed by atoms with Crippen LogP contribution in [0.2, 0.25) is 0 Å². The van der Waals surface area contributed by atoms with Crippen LogP contribution in [0.1, 0.15) is 32.6 Å². The predicted molar refractivity (Wildman–Crippen MR) is 65.2 cm³/mol. The second kappa shape index (κ2) is 8.77. The summed E-state index contributed by atoms with van der Waals surface area (Å²) in [5.41, 5.74) is 0. The first-order valence-electron chi connectivity index (χ1n) is 6.36. The molecule has 1 aromatic rings. The van der Waals surface area contributed by atoms with Crippen molar-refractivity contribution in [2.75, 3.05) is 13.2 Å². The molecular formula is C13H22N3O+. The Kier molecular flexibility index (Phi) is 7.08. The standard InChI is InChI=1S/C13H22N3O/c1-2-17-12-6-9-16-11-10-15(13-16)8-5-3-4-7-14/h10-11,13H,2-6,8-9,12H2,1H3/q+1. The van der Waals surface area contributed by atoms with Crippen molar-refractivity contribution in [3.63, 3.8) is 0 Å². The van der Waals surface area contributed by atoms with Crippen molar-refractivity contribution in [1.82, 2.24) is 4.57 Å². The van der Waals surface area contributed by atoms with Gasteiger partial charge in [0.15, 0.2) is 0 Å². The summed E-state index contributed by atoms with van der Waals surface area (Å²) < 4.78 is 9.67. The Balaban J connectivity index is 2.16. The highest BCUT2D eigenvalue weighted by atomic mass is 16.5. The first-order valence-corrected chi connectivity index (χ1v) is 6.36. The summed E-state index contributed by atoms with van der Waals surface area (Å²) in [6.45, 7) is 5.65. The lowest BCUT2D eigenvalue weighted by Crippen LogP contribution is -2.31. The molecule has 0 aliphatic rings. The van der Waals surface area contributed by atoms with E-state index in [2.05, 4.69) is 33.9 Å². The van der Waals surface area contributed by atoms with E-state index in [0.717, 1.165) is 45.6 Å². The van der Waals surface area contributed by atoms with Crippen molar-refractivity contribution in [2.45, 2.75) is 45.7 Å². The van der Waals surface area contributed by atoms with Crippen molar-refractivity contribution < 1.29 is 9.30 Å². The highest BCUT2D eigenvalue weighted by Gasteiger charge is 2.02. The molecule has 17 heavy (non-hydrogen) atoms. The summed E-state index contributed by atoms with van der Waals surface area (Å²) in [6.07, 6.45) is 10.1. The van der Waals surface area contributed by atoms with E-state index in [1.165, 1.54) is 0 Å². The minimum absolute atomic E-state index is 0.662. The van der Waals surface area contributed by atoms with Crippen molar-refractivity contribution in [1.29, 1.82) is 5.26 Å². The molecule has 4 nitrogen and oxygen atoms in total. The molecule has 0 aliphatic carbocycles. The molecule has 4 heteroatoms. The minimum Gasteiger partial charge on any atom is -0.382 e. The Hall–Kier alpha value is -1.34. The Labute approximate surface area is 103 Å². The number of unbranched alkanes of at least 4 members (excludes halogenated alkanes) is 2. The average Bonchev–Trinajstić information content (AvgIpc) is 2.78. The molecule has 0 aliphatic heterocycles. The van der Waals surface area contributed by atoms with Crippen LogP contribution in [0.15, 0.2) is 18.7 Å². The summed E-state index contributed by atoms with van der Waals surface area (Å²) in [5, 5.41) is 8.44. The van der Waals surface area contributed by atoms with Crippen LogP contribution in [0, 0.1) is 11.3 Å². The summed E-state index contributed by atoms with van der Waals surface area (Å²) >= 11 is 0. The number of nitrogens with zero attached hydrogens (tertiary/aromatic N) is 3. The molecule has 0 amide bonds. The largest absolute Gasteiger partial charge is 0.382 e. The minimum atomic E-state index is 0.662. The molecule has 1 heterocycles. The van der Waals surface area contributed by atoms with Gasteiger partial charge in [0.2, 0.25) is 6.33 Å². The maximum absolute atomic E-state index is 8.44. The van der Waals surface area contributed by atoms with Gasteiger partial charge in [0.25, 0.3) is 0 Å². The summed E-state index contributed by atoms with van der Waals surface area (Å²) in [5.74, 6) is 0. The summed E-state index contributed by atoms with van der Waals surface area (Å²) in [6, 6.07) is 2.17. The van der Waals surface area contributed by atoms with E-state index < -0.39 is 0 Å². The van der Waals surface area contributed by atoms with E-state index in [-0.39, 0.29) is 0 Å². The van der Waals surface area contributed by atoms with E-state index >= 15 is 0 Å². The monoisotopic (exact) mass is 236 g/mol. The molecule has 1 aromatic heterocycles. The molecule has 0 saturated heterocycles. The van der Waals surface area contributed by atoms with Gasteiger partial charge in [0.1, 0.15) is 12.4 Å². The quantitative estimate of drug-likeness (QED) is 0.485. The van der Waals surface area contributed by atoms with Crippen LogP contribution in [-0.4, -0.2) is 17.8 Å². The number of aromatic nitrogens is 2. The van der Waals surface area contributed by atoms with E-state index in [4.69, 9.17) is 10.00 Å². The zero-order chi connectivity index (χ0) is 12.3. The molecule has 1 rings (SSSR count). The third-order valence-electron chi connectivity index (χ3n) is 2.61. The van der Waals surface area contributed by atoms with Crippen LogP contribution in [-0.2, 0) is 17.8 Å². The van der Waals surface area contributed by atoms with Crippen LogP contribution >= 0.6 is 0 Å². The lowest BCUT2D eigenvalue weighted by atomic mass is 10.2. The number of hydrogen-bond acceptors (Lipinski definition) is 2. The van der Waals surface area contributed by atoms with Gasteiger partial charge in [-0.3, -0.25) is 0 Å². The first-order chi connectivity index (χ1) is 8.36. The number of hydrogen-bond donors (Lipinski definition) is 0. The number of ether oxygens (including phenoxy) is 1. The van der Waals surface area contributed by atoms with E-state index in [9.17, 15) is 0 Å². The molecular weight excluding hydrogens is 214 g/mol. The van der Waals surface area contributed by atoms with Gasteiger partial charge in [-0.15, -0.1) is 0 Å². The van der Waals surface area contributed by atoms with E-state index in [1.807, 2.05) is 6.92 Å². The normalized spacial score (nSPS) is 10.4. The number of imidazole rings is 1. The number of aryl methyl sites for hydroxylation is 2. The van der Waals surface area contributed by atoms with Crippen LogP contribution in [0.4, 0.5) is 0 Å². The maximum atomic E-state index is 8.44. The molecule has 0 radical (unpaired) electrons. The second-order valence-corrected chi connectivity index (χ2v) is 4.05. The maximum Gasteiger partial charge on any atom is 0.243 e. The van der Waals surface area contributed by atoms with Crippen LogP contribution in [0.5, 0.6) is 0 Å². The van der Waals surface area contributed by atoms with Crippen LogP contribution < -0.4 is 4.57 Å². The fraction of sp³-hybridized carbons (Fsp3) is 0.692. The molecule has 0 unspecified atom stereocenters. The SMILES string of the molecule is CCOCCC[n+]1ccn(CCCCC#N)c1. The van der Waals surface area contributed by atoms with E-state index in [0.29, 0.717) is 6.42 Å². The molecule has 0 fully saturated rings. The third kappa shape index (κ3) is 6.08. The first kappa shape index (κ1) is 13.7. The lowest BCUT2D eigenvalue weighted by Gasteiger charge is -1.98. The van der Waals surface area contributed by atoms with Crippen molar-refractivity contribution in [3.8, 4) is 6.07 Å². The Bertz CT molecular complexity index is 341. The van der Waals surface area contributed by atoms with Gasteiger partial charge in [-0.05, 0) is 19.8 Å². The molecule has 0 bridgehead atoms. The molecule has 0 spiro atoms. The average molecular weight is 236 g/mol. The Morgan fingerprint density at radius 2 is 2.24 bits per heavy atom. The van der Waals surface area contributed by atoms with Gasteiger partial charge in [-0.1, -0.05) is 0 Å². The zero-order valence-electron chi connectivity index (χ0n) is 10.6. The highest BCUT2D eigenvalue weighted by Crippen LogP contribution is 1.97. The van der Waals surface area contributed by atoms with Crippen LogP contribution in [0.3, 0.4) is 0 Å². The van der Waals surface area contributed by atoms with Crippen LogP contribution in [0.25, 0.3) is 0 Å². The topological polar surface area (TPSA) is 41.8 Å². The van der Waals surface area contributed by atoms with Gasteiger partial charge in [-0.25, -0.2) is 9.13 Å². The van der Waals surface area contributed by atoms with Gasteiger partial charge < -0.3 is 4.74 Å². The lowest BCUT2D eigenvalue weighted by molar-refractivity contribution is -0.697. The molecule has 0 aromatic carbocycles. The molecule has 0 N–H and O–H groups in total. The molecule has 0 saturated carbocycles. The summed E-state index contributed by atoms with van der Waals surface area (Å²) in [4.78, 5) is 0. The Morgan fingerprint density at radius 1 is 1.35 bits per heavy atom. The zero-order valence-corrected chi connectivity index (χ0v) is 10.6.